The number of hydrogen-bond acceptors (Lipinski definition) is 4. The van der Waals surface area contributed by atoms with Crippen LogP contribution in [0.2, 0.25) is 0 Å². The molecular weight excluding hydrogens is 224 g/mol. The van der Waals surface area contributed by atoms with Crippen LogP contribution >= 0.6 is 0 Å². The van der Waals surface area contributed by atoms with E-state index in [1.165, 1.54) is 0 Å². The van der Waals surface area contributed by atoms with Crippen LogP contribution in [0, 0.1) is 5.92 Å². The zero-order chi connectivity index (χ0) is 12.8. The van der Waals surface area contributed by atoms with Crippen LogP contribution in [-0.2, 0) is 18.0 Å². The van der Waals surface area contributed by atoms with Crippen molar-refractivity contribution in [2.45, 2.75) is 26.5 Å². The minimum atomic E-state index is -2.74. The van der Waals surface area contributed by atoms with E-state index in [1.807, 2.05) is 6.92 Å². The van der Waals surface area contributed by atoms with Crippen LogP contribution in [0.3, 0.4) is 0 Å². The van der Waals surface area contributed by atoms with Gasteiger partial charge in [0.15, 0.2) is 0 Å². The molecule has 1 unspecified atom stereocenters. The SMILES string of the molecule is C=C(C)COC(C(C)C)[Si](OC)(OC)OC. The lowest BCUT2D eigenvalue weighted by atomic mass is 10.2. The molecule has 0 N–H and O–H groups in total. The van der Waals surface area contributed by atoms with Crippen molar-refractivity contribution < 1.29 is 18.0 Å². The van der Waals surface area contributed by atoms with Crippen molar-refractivity contribution in [1.29, 1.82) is 0 Å². The van der Waals surface area contributed by atoms with E-state index in [4.69, 9.17) is 18.0 Å². The third kappa shape index (κ3) is 3.99. The third-order valence-corrected chi connectivity index (χ3v) is 5.55. The number of hydrogen-bond donors (Lipinski definition) is 0. The minimum Gasteiger partial charge on any atom is -0.375 e. The number of ether oxygens (including phenoxy) is 1. The molecule has 0 fully saturated rings. The van der Waals surface area contributed by atoms with E-state index in [2.05, 4.69) is 20.4 Å². The first-order chi connectivity index (χ1) is 7.43. The van der Waals surface area contributed by atoms with E-state index < -0.39 is 8.80 Å². The predicted molar refractivity (Wildman–Crippen MR) is 66.2 cm³/mol. The second-order valence-electron chi connectivity index (χ2n) is 4.15. The van der Waals surface area contributed by atoms with Crippen LogP contribution in [-0.4, -0.2) is 42.5 Å². The molecule has 0 saturated heterocycles. The monoisotopic (exact) mass is 248 g/mol. The Morgan fingerprint density at radius 3 is 1.81 bits per heavy atom. The summed E-state index contributed by atoms with van der Waals surface area (Å²) in [5, 5.41) is 0. The fourth-order valence-corrected chi connectivity index (χ4v) is 3.83. The van der Waals surface area contributed by atoms with Gasteiger partial charge in [0.1, 0.15) is 5.73 Å². The first-order valence-corrected chi connectivity index (χ1v) is 7.15. The lowest BCUT2D eigenvalue weighted by molar-refractivity contribution is 0.00140. The van der Waals surface area contributed by atoms with Crippen LogP contribution in [0.25, 0.3) is 0 Å². The zero-order valence-corrected chi connectivity index (χ0v) is 12.2. The fraction of sp³-hybridized carbons (Fsp3) is 0.818. The second-order valence-corrected chi connectivity index (χ2v) is 7.15. The van der Waals surface area contributed by atoms with Gasteiger partial charge in [-0.25, -0.2) is 0 Å². The van der Waals surface area contributed by atoms with Gasteiger partial charge in [0, 0.05) is 21.3 Å². The molecule has 0 aromatic heterocycles. The largest absolute Gasteiger partial charge is 0.530 e. The Balaban J connectivity index is 4.77. The minimum absolute atomic E-state index is 0.177. The van der Waals surface area contributed by atoms with Crippen molar-refractivity contribution in [2.24, 2.45) is 5.92 Å². The normalized spacial score (nSPS) is 14.2. The van der Waals surface area contributed by atoms with E-state index in [-0.39, 0.29) is 11.6 Å². The molecule has 0 aliphatic heterocycles. The zero-order valence-electron chi connectivity index (χ0n) is 11.2. The van der Waals surface area contributed by atoms with E-state index in [0.29, 0.717) is 6.61 Å². The molecule has 0 aliphatic carbocycles. The number of rotatable bonds is 8. The van der Waals surface area contributed by atoms with Gasteiger partial charge >= 0.3 is 8.80 Å². The highest BCUT2D eigenvalue weighted by Crippen LogP contribution is 2.22. The van der Waals surface area contributed by atoms with Gasteiger partial charge in [-0.1, -0.05) is 26.0 Å². The summed E-state index contributed by atoms with van der Waals surface area (Å²) in [4.78, 5) is 0. The second kappa shape index (κ2) is 7.19. The van der Waals surface area contributed by atoms with Gasteiger partial charge < -0.3 is 18.0 Å². The lowest BCUT2D eigenvalue weighted by Crippen LogP contribution is -2.57. The van der Waals surface area contributed by atoms with Gasteiger partial charge in [-0.15, -0.1) is 0 Å². The average molecular weight is 248 g/mol. The highest BCUT2D eigenvalue weighted by atomic mass is 28.4. The molecule has 4 nitrogen and oxygen atoms in total. The van der Waals surface area contributed by atoms with E-state index in [0.717, 1.165) is 5.57 Å². The van der Waals surface area contributed by atoms with E-state index >= 15 is 0 Å². The standard InChI is InChI=1S/C11H24O4Si/c1-9(2)8-15-11(10(3)4)16(12-5,13-6)14-7/h10-11H,1,8H2,2-7H3. The maximum absolute atomic E-state index is 5.79. The maximum Gasteiger partial charge on any atom is 0.530 e. The predicted octanol–water partition coefficient (Wildman–Crippen LogP) is 2.02. The van der Waals surface area contributed by atoms with E-state index in [9.17, 15) is 0 Å². The van der Waals surface area contributed by atoms with Crippen molar-refractivity contribution in [3.8, 4) is 0 Å². The molecule has 96 valence electrons. The fourth-order valence-electron chi connectivity index (χ4n) is 1.53. The van der Waals surface area contributed by atoms with Crippen LogP contribution in [0.5, 0.6) is 0 Å². The van der Waals surface area contributed by atoms with Crippen molar-refractivity contribution >= 4 is 8.80 Å². The van der Waals surface area contributed by atoms with Gasteiger partial charge in [0.25, 0.3) is 0 Å². The van der Waals surface area contributed by atoms with Crippen molar-refractivity contribution in [3.63, 3.8) is 0 Å². The summed E-state index contributed by atoms with van der Waals surface area (Å²) >= 11 is 0. The highest BCUT2D eigenvalue weighted by Gasteiger charge is 2.50. The smallest absolute Gasteiger partial charge is 0.375 e. The van der Waals surface area contributed by atoms with Crippen molar-refractivity contribution in [2.75, 3.05) is 27.9 Å². The summed E-state index contributed by atoms with van der Waals surface area (Å²) in [5.74, 6) is 0.255. The molecule has 0 aliphatic rings. The molecule has 0 aromatic rings. The van der Waals surface area contributed by atoms with Crippen LogP contribution in [0.15, 0.2) is 12.2 Å². The molecule has 0 amide bonds. The molecule has 0 saturated carbocycles. The van der Waals surface area contributed by atoms with Crippen LogP contribution < -0.4 is 0 Å². The summed E-state index contributed by atoms with van der Waals surface area (Å²) in [6, 6.07) is 0. The van der Waals surface area contributed by atoms with Gasteiger partial charge in [0.2, 0.25) is 0 Å². The first kappa shape index (κ1) is 15.8. The molecule has 0 heterocycles. The summed E-state index contributed by atoms with van der Waals surface area (Å²) in [5.41, 5.74) is 0.793. The summed E-state index contributed by atoms with van der Waals surface area (Å²) in [6.45, 7) is 10.3. The van der Waals surface area contributed by atoms with Crippen molar-refractivity contribution in [3.05, 3.63) is 12.2 Å². The molecule has 0 radical (unpaired) electrons. The molecule has 0 spiro atoms. The summed E-state index contributed by atoms with van der Waals surface area (Å²) in [7, 11) is 2.05. The van der Waals surface area contributed by atoms with Crippen LogP contribution in [0.1, 0.15) is 20.8 Å². The van der Waals surface area contributed by atoms with Gasteiger partial charge in [-0.05, 0) is 12.8 Å². The molecule has 16 heavy (non-hydrogen) atoms. The average Bonchev–Trinajstić information content (AvgIpc) is 2.24. The molecule has 0 rings (SSSR count). The van der Waals surface area contributed by atoms with Gasteiger partial charge in [-0.2, -0.15) is 0 Å². The third-order valence-electron chi connectivity index (χ3n) is 2.32. The van der Waals surface area contributed by atoms with E-state index in [1.54, 1.807) is 21.3 Å². The van der Waals surface area contributed by atoms with Crippen LogP contribution in [0.4, 0.5) is 0 Å². The van der Waals surface area contributed by atoms with Gasteiger partial charge in [0.05, 0.1) is 6.61 Å². The van der Waals surface area contributed by atoms with Crippen molar-refractivity contribution in [1.82, 2.24) is 0 Å². The maximum atomic E-state index is 5.79. The topological polar surface area (TPSA) is 36.9 Å². The summed E-state index contributed by atoms with van der Waals surface area (Å²) < 4.78 is 22.1. The molecule has 1 atom stereocenters. The Labute approximate surface area is 99.9 Å². The first-order valence-electron chi connectivity index (χ1n) is 5.35. The Bertz CT molecular complexity index is 206. The molecule has 0 bridgehead atoms. The summed E-state index contributed by atoms with van der Waals surface area (Å²) in [6.07, 6.45) is 0. The molecular formula is C11H24O4Si. The molecule has 0 aromatic carbocycles. The Morgan fingerprint density at radius 1 is 1.12 bits per heavy atom. The molecule has 5 heteroatoms. The Hall–Kier alpha value is -0.203. The van der Waals surface area contributed by atoms with Gasteiger partial charge in [-0.3, -0.25) is 0 Å². The lowest BCUT2D eigenvalue weighted by Gasteiger charge is -2.34. The Kier molecular flexibility index (Phi) is 7.10. The highest BCUT2D eigenvalue weighted by molar-refractivity contribution is 6.62. The Morgan fingerprint density at radius 2 is 1.56 bits per heavy atom. The quantitative estimate of drug-likeness (QED) is 0.486.